The lowest BCUT2D eigenvalue weighted by atomic mass is 10.1. The Labute approximate surface area is 195 Å². The largest absolute Gasteiger partial charge is 0.493 e. The maximum Gasteiger partial charge on any atom is 0.258 e. The molecule has 0 unspecified atom stereocenters. The van der Waals surface area contributed by atoms with Gasteiger partial charge in [0.25, 0.3) is 5.89 Å². The highest BCUT2D eigenvalue weighted by molar-refractivity contribution is 5.82. The van der Waals surface area contributed by atoms with Crippen molar-refractivity contribution in [2.24, 2.45) is 0 Å². The normalized spacial score (nSPS) is 10.9. The molecule has 0 atom stereocenters. The Hall–Kier alpha value is -4.53. The van der Waals surface area contributed by atoms with Gasteiger partial charge in [-0.15, -0.1) is 0 Å². The molecule has 2 aromatic heterocycles. The highest BCUT2D eigenvalue weighted by Crippen LogP contribution is 2.38. The quantitative estimate of drug-likeness (QED) is 0.351. The Kier molecular flexibility index (Phi) is 5.73. The summed E-state index contributed by atoms with van der Waals surface area (Å²) < 4.78 is 27.7. The lowest BCUT2D eigenvalue weighted by Gasteiger charge is -2.14. The summed E-state index contributed by atoms with van der Waals surface area (Å²) in [6.45, 7) is 0.308. The average molecular weight is 458 g/mol. The molecule has 0 saturated heterocycles. The minimum absolute atomic E-state index is 0.308. The summed E-state index contributed by atoms with van der Waals surface area (Å²) >= 11 is 0. The Balaban J connectivity index is 1.34. The van der Waals surface area contributed by atoms with Crippen LogP contribution in [-0.4, -0.2) is 41.7 Å². The fraction of sp³-hybridized carbons (Fsp3) is 0.160. The highest BCUT2D eigenvalue weighted by atomic mass is 16.5. The van der Waals surface area contributed by atoms with Crippen LogP contribution in [0.15, 0.2) is 65.3 Å². The molecule has 0 amide bonds. The number of H-pyrrole nitrogens is 1. The fourth-order valence-corrected chi connectivity index (χ4v) is 3.64. The van der Waals surface area contributed by atoms with Gasteiger partial charge in [0.05, 0.1) is 33.0 Å². The SMILES string of the molecule is COc1cc(COc2cccc(-c3noc(-c4ccc5[nH]ncc5c4)n3)c2)cc(OC)c1OC. The highest BCUT2D eigenvalue weighted by Gasteiger charge is 2.15. The van der Waals surface area contributed by atoms with Crippen molar-refractivity contribution in [1.82, 2.24) is 20.3 Å². The number of hydrogen-bond donors (Lipinski definition) is 1. The minimum Gasteiger partial charge on any atom is -0.493 e. The van der Waals surface area contributed by atoms with E-state index in [0.29, 0.717) is 41.3 Å². The third kappa shape index (κ3) is 4.11. The Morgan fingerprint density at radius 1 is 0.882 bits per heavy atom. The summed E-state index contributed by atoms with van der Waals surface area (Å²) in [5.41, 5.74) is 3.42. The summed E-state index contributed by atoms with van der Waals surface area (Å²) in [4.78, 5) is 4.55. The smallest absolute Gasteiger partial charge is 0.258 e. The number of aromatic nitrogens is 4. The van der Waals surface area contributed by atoms with Crippen LogP contribution in [-0.2, 0) is 6.61 Å². The predicted molar refractivity (Wildman–Crippen MR) is 125 cm³/mol. The number of fused-ring (bicyclic) bond motifs is 1. The van der Waals surface area contributed by atoms with Crippen LogP contribution in [0.4, 0.5) is 0 Å². The Morgan fingerprint density at radius 2 is 1.71 bits per heavy atom. The zero-order valence-corrected chi connectivity index (χ0v) is 18.9. The molecule has 34 heavy (non-hydrogen) atoms. The standard InChI is InChI=1S/C25H22N4O5/c1-30-21-9-15(10-22(31-2)23(21)32-3)14-33-19-6-4-5-16(12-19)24-27-25(34-29-24)17-7-8-20-18(11-17)13-26-28-20/h4-13H,14H2,1-3H3,(H,26,28). The Morgan fingerprint density at radius 3 is 2.47 bits per heavy atom. The van der Waals surface area contributed by atoms with Crippen molar-refractivity contribution in [3.05, 3.63) is 66.4 Å². The van der Waals surface area contributed by atoms with E-state index in [4.69, 9.17) is 23.5 Å². The van der Waals surface area contributed by atoms with Crippen LogP contribution in [0.5, 0.6) is 23.0 Å². The molecule has 0 radical (unpaired) electrons. The van der Waals surface area contributed by atoms with Crippen LogP contribution >= 0.6 is 0 Å². The summed E-state index contributed by atoms with van der Waals surface area (Å²) in [7, 11) is 4.73. The number of methoxy groups -OCH3 is 3. The van der Waals surface area contributed by atoms with E-state index in [1.807, 2.05) is 54.6 Å². The first-order valence-electron chi connectivity index (χ1n) is 10.5. The van der Waals surface area contributed by atoms with E-state index in [2.05, 4.69) is 20.3 Å². The van der Waals surface area contributed by atoms with Gasteiger partial charge in [0, 0.05) is 16.5 Å². The first kappa shape index (κ1) is 21.3. The van der Waals surface area contributed by atoms with Gasteiger partial charge in [-0.3, -0.25) is 5.10 Å². The number of aromatic amines is 1. The van der Waals surface area contributed by atoms with Crippen molar-refractivity contribution in [2.45, 2.75) is 6.61 Å². The molecule has 172 valence electrons. The molecule has 0 aliphatic carbocycles. The van der Waals surface area contributed by atoms with E-state index in [-0.39, 0.29) is 0 Å². The van der Waals surface area contributed by atoms with Crippen molar-refractivity contribution in [3.63, 3.8) is 0 Å². The topological polar surface area (TPSA) is 105 Å². The molecule has 0 bridgehead atoms. The monoisotopic (exact) mass is 458 g/mol. The molecule has 9 heteroatoms. The molecule has 1 N–H and O–H groups in total. The van der Waals surface area contributed by atoms with E-state index in [1.165, 1.54) is 0 Å². The number of hydrogen-bond acceptors (Lipinski definition) is 8. The zero-order chi connectivity index (χ0) is 23.5. The number of ether oxygens (including phenoxy) is 4. The lowest BCUT2D eigenvalue weighted by Crippen LogP contribution is -2.00. The molecule has 0 saturated carbocycles. The van der Waals surface area contributed by atoms with Gasteiger partial charge in [-0.1, -0.05) is 17.3 Å². The molecule has 0 aliphatic rings. The van der Waals surface area contributed by atoms with E-state index in [0.717, 1.165) is 27.6 Å². The molecule has 2 heterocycles. The van der Waals surface area contributed by atoms with E-state index < -0.39 is 0 Å². The van der Waals surface area contributed by atoms with Crippen LogP contribution in [0.1, 0.15) is 5.56 Å². The van der Waals surface area contributed by atoms with Crippen LogP contribution in [0, 0.1) is 0 Å². The molecule has 9 nitrogen and oxygen atoms in total. The van der Waals surface area contributed by atoms with Gasteiger partial charge in [0.15, 0.2) is 11.5 Å². The van der Waals surface area contributed by atoms with Crippen molar-refractivity contribution in [3.8, 4) is 45.8 Å². The van der Waals surface area contributed by atoms with Crippen LogP contribution in [0.25, 0.3) is 33.7 Å². The van der Waals surface area contributed by atoms with Gasteiger partial charge in [-0.25, -0.2) is 0 Å². The summed E-state index contributed by atoms with van der Waals surface area (Å²) in [6, 6.07) is 17.0. The number of nitrogens with one attached hydrogen (secondary N) is 1. The molecular weight excluding hydrogens is 436 g/mol. The second-order valence-corrected chi connectivity index (χ2v) is 7.45. The maximum atomic E-state index is 6.01. The van der Waals surface area contributed by atoms with E-state index in [1.54, 1.807) is 27.5 Å². The van der Waals surface area contributed by atoms with Crippen molar-refractivity contribution in [2.75, 3.05) is 21.3 Å². The molecule has 0 fully saturated rings. The molecule has 0 spiro atoms. The molecular formula is C25H22N4O5. The van der Waals surface area contributed by atoms with E-state index >= 15 is 0 Å². The van der Waals surface area contributed by atoms with Gasteiger partial charge < -0.3 is 23.5 Å². The molecule has 0 aliphatic heterocycles. The van der Waals surface area contributed by atoms with Crippen molar-refractivity contribution >= 4 is 10.9 Å². The summed E-state index contributed by atoms with van der Waals surface area (Å²) in [5.74, 6) is 3.25. The predicted octanol–water partition coefficient (Wildman–Crippen LogP) is 4.88. The van der Waals surface area contributed by atoms with Gasteiger partial charge in [-0.05, 0) is 48.0 Å². The summed E-state index contributed by atoms with van der Waals surface area (Å²) in [5, 5.41) is 12.1. The van der Waals surface area contributed by atoms with E-state index in [9.17, 15) is 0 Å². The van der Waals surface area contributed by atoms with Crippen LogP contribution < -0.4 is 18.9 Å². The van der Waals surface area contributed by atoms with Gasteiger partial charge >= 0.3 is 0 Å². The van der Waals surface area contributed by atoms with Gasteiger partial charge in [0.2, 0.25) is 11.6 Å². The van der Waals surface area contributed by atoms with Gasteiger partial charge in [-0.2, -0.15) is 10.1 Å². The number of benzene rings is 3. The molecule has 3 aromatic carbocycles. The van der Waals surface area contributed by atoms with Crippen LogP contribution in [0.3, 0.4) is 0 Å². The number of nitrogens with zero attached hydrogens (tertiary/aromatic N) is 3. The lowest BCUT2D eigenvalue weighted by molar-refractivity contribution is 0.298. The van der Waals surface area contributed by atoms with Gasteiger partial charge in [0.1, 0.15) is 12.4 Å². The zero-order valence-electron chi connectivity index (χ0n) is 18.9. The van der Waals surface area contributed by atoms with Crippen molar-refractivity contribution < 1.29 is 23.5 Å². The summed E-state index contributed by atoms with van der Waals surface area (Å²) in [6.07, 6.45) is 1.75. The Bertz CT molecular complexity index is 1420. The second kappa shape index (κ2) is 9.14. The molecule has 5 aromatic rings. The third-order valence-corrected chi connectivity index (χ3v) is 5.34. The maximum absolute atomic E-state index is 6.01. The average Bonchev–Trinajstić information content (AvgIpc) is 3.56. The second-order valence-electron chi connectivity index (χ2n) is 7.45. The fourth-order valence-electron chi connectivity index (χ4n) is 3.64. The minimum atomic E-state index is 0.308. The molecule has 5 rings (SSSR count). The van der Waals surface area contributed by atoms with Crippen molar-refractivity contribution in [1.29, 1.82) is 0 Å². The van der Waals surface area contributed by atoms with Crippen LogP contribution in [0.2, 0.25) is 0 Å². The number of rotatable bonds is 8. The first-order chi connectivity index (χ1) is 16.7. The third-order valence-electron chi connectivity index (χ3n) is 5.34. The first-order valence-corrected chi connectivity index (χ1v) is 10.5.